The maximum absolute atomic E-state index is 13.2. The second-order valence-electron chi connectivity index (χ2n) is 9.06. The third kappa shape index (κ3) is 5.49. The van der Waals surface area contributed by atoms with Gasteiger partial charge in [0.05, 0.1) is 6.10 Å². The van der Waals surface area contributed by atoms with Crippen LogP contribution in [0.2, 0.25) is 0 Å². The summed E-state index contributed by atoms with van der Waals surface area (Å²) in [6.45, 7) is 1.94. The first-order chi connectivity index (χ1) is 15.5. The first kappa shape index (κ1) is 22.3. The van der Waals surface area contributed by atoms with Gasteiger partial charge in [0.25, 0.3) is 0 Å². The Morgan fingerprint density at radius 3 is 2.62 bits per heavy atom. The molecule has 32 heavy (non-hydrogen) atoms. The molecule has 1 fully saturated rings. The quantitative estimate of drug-likeness (QED) is 0.684. The molecule has 0 bridgehead atoms. The summed E-state index contributed by atoms with van der Waals surface area (Å²) in [7, 11) is 4.03. The molecular weight excluding hydrogens is 402 g/mol. The van der Waals surface area contributed by atoms with E-state index in [2.05, 4.69) is 34.5 Å². The normalized spacial score (nSPS) is 19.9. The highest BCUT2D eigenvalue weighted by molar-refractivity contribution is 5.96. The fourth-order valence-electron chi connectivity index (χ4n) is 4.51. The van der Waals surface area contributed by atoms with Crippen LogP contribution in [0.5, 0.6) is 0 Å². The van der Waals surface area contributed by atoms with Gasteiger partial charge in [-0.1, -0.05) is 30.3 Å². The van der Waals surface area contributed by atoms with Crippen molar-refractivity contribution < 1.29 is 14.3 Å². The lowest BCUT2D eigenvalue weighted by Gasteiger charge is -2.28. The Morgan fingerprint density at radius 2 is 1.91 bits per heavy atom. The van der Waals surface area contributed by atoms with E-state index in [1.807, 2.05) is 43.3 Å². The molecule has 6 nitrogen and oxygen atoms in total. The molecule has 6 heteroatoms. The van der Waals surface area contributed by atoms with E-state index in [1.54, 1.807) is 0 Å². The Bertz CT molecular complexity index is 936. The zero-order valence-electron chi connectivity index (χ0n) is 19.0. The largest absolute Gasteiger partial charge is 0.378 e. The van der Waals surface area contributed by atoms with Crippen LogP contribution in [0.1, 0.15) is 36.8 Å². The highest BCUT2D eigenvalue weighted by Crippen LogP contribution is 2.28. The smallest absolute Gasteiger partial charge is 0.227 e. The van der Waals surface area contributed by atoms with Crippen molar-refractivity contribution >= 4 is 23.2 Å². The highest BCUT2D eigenvalue weighted by atomic mass is 16.5. The van der Waals surface area contributed by atoms with Crippen molar-refractivity contribution in [2.75, 3.05) is 37.5 Å². The number of hydrogen-bond acceptors (Lipinski definition) is 4. The fraction of sp³-hybridized carbons (Fsp3) is 0.462. The monoisotopic (exact) mass is 435 g/mol. The molecule has 0 aromatic heterocycles. The van der Waals surface area contributed by atoms with E-state index in [0.717, 1.165) is 42.0 Å². The molecule has 0 spiro atoms. The van der Waals surface area contributed by atoms with Crippen molar-refractivity contribution in [1.82, 2.24) is 4.90 Å². The first-order valence-electron chi connectivity index (χ1n) is 11.5. The van der Waals surface area contributed by atoms with Crippen LogP contribution in [0.3, 0.4) is 0 Å². The van der Waals surface area contributed by atoms with E-state index in [4.69, 9.17) is 4.74 Å². The van der Waals surface area contributed by atoms with Crippen LogP contribution in [0.25, 0.3) is 0 Å². The maximum Gasteiger partial charge on any atom is 0.227 e. The summed E-state index contributed by atoms with van der Waals surface area (Å²) < 4.78 is 5.81. The van der Waals surface area contributed by atoms with Gasteiger partial charge >= 0.3 is 0 Å². The predicted octanol–water partition coefficient (Wildman–Crippen LogP) is 3.85. The van der Waals surface area contributed by atoms with E-state index in [1.165, 1.54) is 0 Å². The number of carbonyl (C=O) groups excluding carboxylic acids is 2. The minimum atomic E-state index is -0.169. The molecule has 2 aromatic rings. The number of carbonyl (C=O) groups is 2. The predicted molar refractivity (Wildman–Crippen MR) is 127 cm³/mol. The second-order valence-corrected chi connectivity index (χ2v) is 9.06. The average molecular weight is 436 g/mol. The molecule has 2 amide bonds. The number of amides is 2. The van der Waals surface area contributed by atoms with Crippen LogP contribution >= 0.6 is 0 Å². The summed E-state index contributed by atoms with van der Waals surface area (Å²) in [6, 6.07) is 16.2. The maximum atomic E-state index is 13.2. The van der Waals surface area contributed by atoms with Crippen molar-refractivity contribution in [3.8, 4) is 0 Å². The molecule has 1 N–H and O–H groups in total. The number of rotatable bonds is 8. The summed E-state index contributed by atoms with van der Waals surface area (Å²) in [5, 5.41) is 2.99. The van der Waals surface area contributed by atoms with Gasteiger partial charge in [-0.3, -0.25) is 9.59 Å². The zero-order chi connectivity index (χ0) is 22.5. The number of para-hydroxylation sites is 1. The molecule has 2 aliphatic heterocycles. The zero-order valence-corrected chi connectivity index (χ0v) is 19.0. The Labute approximate surface area is 190 Å². The van der Waals surface area contributed by atoms with Gasteiger partial charge in [-0.25, -0.2) is 0 Å². The molecule has 0 saturated carbocycles. The summed E-state index contributed by atoms with van der Waals surface area (Å²) in [5.41, 5.74) is 4.27. The SMILES string of the molecule is CN(C)c1ccc(CN(CC2CCCO2)C(=O)CCC2Cc3ccccc3NC2=O)cc1. The minimum Gasteiger partial charge on any atom is -0.378 e. The molecule has 4 rings (SSSR count). The summed E-state index contributed by atoms with van der Waals surface area (Å²) in [4.78, 5) is 29.7. The number of benzene rings is 2. The van der Waals surface area contributed by atoms with Crippen molar-refractivity contribution in [1.29, 1.82) is 0 Å². The average Bonchev–Trinajstić information content (AvgIpc) is 3.30. The molecule has 170 valence electrons. The van der Waals surface area contributed by atoms with E-state index in [-0.39, 0.29) is 23.8 Å². The first-order valence-corrected chi connectivity index (χ1v) is 11.5. The Kier molecular flexibility index (Phi) is 7.10. The Balaban J connectivity index is 1.40. The van der Waals surface area contributed by atoms with Gasteiger partial charge < -0.3 is 19.9 Å². The van der Waals surface area contributed by atoms with Crippen molar-refractivity contribution in [3.05, 3.63) is 59.7 Å². The van der Waals surface area contributed by atoms with Crippen LogP contribution in [0.4, 0.5) is 11.4 Å². The van der Waals surface area contributed by atoms with Gasteiger partial charge in [0, 0.05) is 57.5 Å². The number of nitrogens with one attached hydrogen (secondary N) is 1. The van der Waals surface area contributed by atoms with Crippen molar-refractivity contribution in [3.63, 3.8) is 0 Å². The van der Waals surface area contributed by atoms with E-state index in [0.29, 0.717) is 32.4 Å². The number of fused-ring (bicyclic) bond motifs is 1. The number of nitrogens with zero attached hydrogens (tertiary/aromatic N) is 2. The molecule has 0 radical (unpaired) electrons. The lowest BCUT2D eigenvalue weighted by Crippen LogP contribution is -2.38. The molecule has 2 atom stereocenters. The number of ether oxygens (including phenoxy) is 1. The molecule has 1 saturated heterocycles. The van der Waals surface area contributed by atoms with Gasteiger partial charge in [-0.05, 0) is 55.0 Å². The summed E-state index contributed by atoms with van der Waals surface area (Å²) >= 11 is 0. The van der Waals surface area contributed by atoms with Gasteiger partial charge in [-0.2, -0.15) is 0 Å². The Hall–Kier alpha value is -2.86. The third-order valence-electron chi connectivity index (χ3n) is 6.45. The molecule has 2 aromatic carbocycles. The van der Waals surface area contributed by atoms with Crippen LogP contribution in [0.15, 0.2) is 48.5 Å². The van der Waals surface area contributed by atoms with Gasteiger partial charge in [0.2, 0.25) is 11.8 Å². The number of anilines is 2. The standard InChI is InChI=1S/C26H33N3O3/c1-28(2)22-12-9-19(10-13-22)17-29(18-23-7-5-15-32-23)25(30)14-11-21-16-20-6-3-4-8-24(20)27-26(21)31/h3-4,6,8-10,12-13,21,23H,5,7,11,14-18H2,1-2H3,(H,27,31). The third-order valence-corrected chi connectivity index (χ3v) is 6.45. The van der Waals surface area contributed by atoms with Crippen LogP contribution in [-0.2, 0) is 27.3 Å². The number of hydrogen-bond donors (Lipinski definition) is 1. The van der Waals surface area contributed by atoms with E-state index in [9.17, 15) is 9.59 Å². The molecule has 2 aliphatic rings. The fourth-order valence-corrected chi connectivity index (χ4v) is 4.51. The van der Waals surface area contributed by atoms with Crippen LogP contribution in [0, 0.1) is 5.92 Å². The summed E-state index contributed by atoms with van der Waals surface area (Å²) in [6.07, 6.45) is 3.75. The van der Waals surface area contributed by atoms with Crippen LogP contribution in [-0.4, -0.2) is 50.1 Å². The minimum absolute atomic E-state index is 0.0152. The molecule has 2 unspecified atom stereocenters. The van der Waals surface area contributed by atoms with Gasteiger partial charge in [0.1, 0.15) is 0 Å². The molecule has 0 aliphatic carbocycles. The van der Waals surface area contributed by atoms with Crippen molar-refractivity contribution in [2.24, 2.45) is 5.92 Å². The second kappa shape index (κ2) is 10.2. The molecule has 2 heterocycles. The summed E-state index contributed by atoms with van der Waals surface area (Å²) in [5.74, 6) is -0.0666. The van der Waals surface area contributed by atoms with E-state index >= 15 is 0 Å². The van der Waals surface area contributed by atoms with Gasteiger partial charge in [0.15, 0.2) is 0 Å². The molecular formula is C26H33N3O3. The Morgan fingerprint density at radius 1 is 1.12 bits per heavy atom. The van der Waals surface area contributed by atoms with Crippen LogP contribution < -0.4 is 10.2 Å². The van der Waals surface area contributed by atoms with Gasteiger partial charge in [-0.15, -0.1) is 0 Å². The van der Waals surface area contributed by atoms with Crippen molar-refractivity contribution in [2.45, 2.75) is 44.8 Å². The lowest BCUT2D eigenvalue weighted by atomic mass is 9.89. The highest BCUT2D eigenvalue weighted by Gasteiger charge is 2.28. The lowest BCUT2D eigenvalue weighted by molar-refractivity contribution is -0.134. The topological polar surface area (TPSA) is 61.9 Å². The van der Waals surface area contributed by atoms with E-state index < -0.39 is 0 Å².